The fourth-order valence-electron chi connectivity index (χ4n) is 2.70. The summed E-state index contributed by atoms with van der Waals surface area (Å²) in [4.78, 5) is 23.7. The van der Waals surface area contributed by atoms with Crippen LogP contribution in [0.3, 0.4) is 0 Å². The summed E-state index contributed by atoms with van der Waals surface area (Å²) in [7, 11) is 1.60. The molecule has 2 rings (SSSR count). The predicted octanol–water partition coefficient (Wildman–Crippen LogP) is 3.37. The first-order valence-electron chi connectivity index (χ1n) is 7.34. The van der Waals surface area contributed by atoms with E-state index in [2.05, 4.69) is 0 Å². The lowest BCUT2D eigenvalue weighted by Gasteiger charge is -2.17. The smallest absolute Gasteiger partial charge is 0.307 e. The predicted molar refractivity (Wildman–Crippen MR) is 84.5 cm³/mol. The van der Waals surface area contributed by atoms with Gasteiger partial charge < -0.3 is 14.0 Å². The van der Waals surface area contributed by atoms with Crippen LogP contribution in [0.2, 0.25) is 0 Å². The van der Waals surface area contributed by atoms with E-state index in [1.807, 2.05) is 35.8 Å². The van der Waals surface area contributed by atoms with Crippen LogP contribution in [-0.4, -0.2) is 30.0 Å². The molecule has 1 aromatic heterocycles. The molecule has 2 aromatic rings. The van der Waals surface area contributed by atoms with Crippen LogP contribution in [0, 0.1) is 0 Å². The van der Waals surface area contributed by atoms with Gasteiger partial charge in [0.05, 0.1) is 31.3 Å². The fourth-order valence-corrected chi connectivity index (χ4v) is 2.70. The lowest BCUT2D eigenvalue weighted by Crippen LogP contribution is -2.16. The van der Waals surface area contributed by atoms with Crippen LogP contribution in [-0.2, 0) is 9.53 Å². The van der Waals surface area contributed by atoms with Crippen molar-refractivity contribution in [3.05, 3.63) is 30.0 Å². The van der Waals surface area contributed by atoms with Gasteiger partial charge in [-0.25, -0.2) is 0 Å². The average molecular weight is 303 g/mol. The Bertz CT molecular complexity index is 702. The molecule has 0 radical (unpaired) electrons. The van der Waals surface area contributed by atoms with Crippen molar-refractivity contribution < 1.29 is 19.1 Å². The van der Waals surface area contributed by atoms with Crippen molar-refractivity contribution in [1.82, 2.24) is 4.57 Å². The highest BCUT2D eigenvalue weighted by molar-refractivity contribution is 6.00. The zero-order valence-electron chi connectivity index (χ0n) is 13.4. The monoisotopic (exact) mass is 303 g/mol. The van der Waals surface area contributed by atoms with E-state index in [-0.39, 0.29) is 24.2 Å². The number of rotatable bonds is 6. The van der Waals surface area contributed by atoms with Gasteiger partial charge in [-0.1, -0.05) is 6.07 Å². The highest BCUT2D eigenvalue weighted by Crippen LogP contribution is 2.32. The molecule has 5 nitrogen and oxygen atoms in total. The minimum absolute atomic E-state index is 0.0473. The molecule has 1 aromatic carbocycles. The van der Waals surface area contributed by atoms with Crippen molar-refractivity contribution >= 4 is 22.7 Å². The van der Waals surface area contributed by atoms with Gasteiger partial charge >= 0.3 is 5.97 Å². The Labute approximate surface area is 129 Å². The molecular weight excluding hydrogens is 282 g/mol. The molecular formula is C17H21NO4. The maximum Gasteiger partial charge on any atom is 0.307 e. The lowest BCUT2D eigenvalue weighted by molar-refractivity contribution is -0.143. The molecule has 1 unspecified atom stereocenters. The lowest BCUT2D eigenvalue weighted by atomic mass is 10.2. The van der Waals surface area contributed by atoms with Crippen molar-refractivity contribution in [3.63, 3.8) is 0 Å². The van der Waals surface area contributed by atoms with E-state index in [0.717, 1.165) is 10.9 Å². The quantitative estimate of drug-likeness (QED) is 0.606. The minimum Gasteiger partial charge on any atom is -0.496 e. The van der Waals surface area contributed by atoms with E-state index < -0.39 is 0 Å². The number of esters is 1. The van der Waals surface area contributed by atoms with E-state index in [1.165, 1.54) is 6.92 Å². The largest absolute Gasteiger partial charge is 0.496 e. The standard InChI is InChI=1S/C17H21NO4/c1-5-22-17(20)9-11(2)18-14-7-6-8-16(21-4)13(14)10-15(18)12(3)19/h6-8,10-11H,5,9H2,1-4H3. The van der Waals surface area contributed by atoms with Gasteiger partial charge in [0, 0.05) is 18.4 Å². The summed E-state index contributed by atoms with van der Waals surface area (Å²) >= 11 is 0. The Morgan fingerprint density at radius 1 is 1.32 bits per heavy atom. The Kier molecular flexibility index (Phi) is 4.85. The Balaban J connectivity index is 2.53. The Morgan fingerprint density at radius 3 is 2.64 bits per heavy atom. The summed E-state index contributed by atoms with van der Waals surface area (Å²) < 4.78 is 12.3. The number of aromatic nitrogens is 1. The van der Waals surface area contributed by atoms with E-state index >= 15 is 0 Å². The minimum atomic E-state index is -0.269. The molecule has 22 heavy (non-hydrogen) atoms. The number of carbonyl (C=O) groups is 2. The second-order valence-corrected chi connectivity index (χ2v) is 5.21. The van der Waals surface area contributed by atoms with Crippen LogP contribution in [0.25, 0.3) is 10.9 Å². The van der Waals surface area contributed by atoms with Crippen molar-refractivity contribution in [3.8, 4) is 5.75 Å². The molecule has 0 saturated carbocycles. The Morgan fingerprint density at radius 2 is 2.05 bits per heavy atom. The van der Waals surface area contributed by atoms with Crippen LogP contribution in [0.5, 0.6) is 5.75 Å². The summed E-state index contributed by atoms with van der Waals surface area (Å²) in [5, 5.41) is 0.867. The van der Waals surface area contributed by atoms with Crippen molar-refractivity contribution in [2.75, 3.05) is 13.7 Å². The number of carbonyl (C=O) groups excluding carboxylic acids is 2. The second kappa shape index (κ2) is 6.64. The highest BCUT2D eigenvalue weighted by atomic mass is 16.5. The first-order chi connectivity index (χ1) is 10.5. The van der Waals surface area contributed by atoms with Crippen molar-refractivity contribution in [2.45, 2.75) is 33.2 Å². The number of fused-ring (bicyclic) bond motifs is 1. The molecule has 0 fully saturated rings. The Hall–Kier alpha value is -2.30. The molecule has 118 valence electrons. The molecule has 0 aliphatic rings. The number of methoxy groups -OCH3 is 1. The van der Waals surface area contributed by atoms with Gasteiger partial charge in [0.25, 0.3) is 0 Å². The molecule has 5 heteroatoms. The average Bonchev–Trinajstić information content (AvgIpc) is 2.86. The van der Waals surface area contributed by atoms with E-state index in [9.17, 15) is 9.59 Å². The molecule has 0 amide bonds. The summed E-state index contributed by atoms with van der Waals surface area (Å²) in [5.74, 6) is 0.394. The number of hydrogen-bond acceptors (Lipinski definition) is 4. The van der Waals surface area contributed by atoms with Gasteiger partial charge in [-0.3, -0.25) is 9.59 Å². The fraction of sp³-hybridized carbons (Fsp3) is 0.412. The molecule has 0 saturated heterocycles. The molecule has 0 aliphatic heterocycles. The highest BCUT2D eigenvalue weighted by Gasteiger charge is 2.21. The van der Waals surface area contributed by atoms with Crippen LogP contribution in [0.4, 0.5) is 0 Å². The summed E-state index contributed by atoms with van der Waals surface area (Å²) in [6, 6.07) is 7.29. The molecule has 0 N–H and O–H groups in total. The third kappa shape index (κ3) is 2.98. The van der Waals surface area contributed by atoms with Crippen molar-refractivity contribution in [2.24, 2.45) is 0 Å². The number of nitrogens with zero attached hydrogens (tertiary/aromatic N) is 1. The number of ether oxygens (including phenoxy) is 2. The molecule has 1 atom stereocenters. The van der Waals surface area contributed by atoms with Crippen LogP contribution in [0.15, 0.2) is 24.3 Å². The van der Waals surface area contributed by atoms with Crippen LogP contribution in [0.1, 0.15) is 43.7 Å². The van der Waals surface area contributed by atoms with E-state index in [1.54, 1.807) is 14.0 Å². The first-order valence-corrected chi connectivity index (χ1v) is 7.34. The third-order valence-electron chi connectivity index (χ3n) is 3.63. The van der Waals surface area contributed by atoms with Gasteiger partial charge in [0.15, 0.2) is 5.78 Å². The maximum absolute atomic E-state index is 12.0. The summed E-state index contributed by atoms with van der Waals surface area (Å²) in [5.41, 5.74) is 1.44. The van der Waals surface area contributed by atoms with Gasteiger partial charge in [0.2, 0.25) is 0 Å². The van der Waals surface area contributed by atoms with E-state index in [4.69, 9.17) is 9.47 Å². The van der Waals surface area contributed by atoms with Crippen LogP contribution < -0.4 is 4.74 Å². The SMILES string of the molecule is CCOC(=O)CC(C)n1c(C(C)=O)cc2c(OC)cccc21. The molecule has 0 aliphatic carbocycles. The van der Waals surface area contributed by atoms with Gasteiger partial charge in [0.1, 0.15) is 5.75 Å². The zero-order valence-corrected chi connectivity index (χ0v) is 13.4. The second-order valence-electron chi connectivity index (χ2n) is 5.21. The summed E-state index contributed by atoms with van der Waals surface area (Å²) in [6.07, 6.45) is 0.217. The van der Waals surface area contributed by atoms with Gasteiger partial charge in [-0.05, 0) is 32.0 Å². The molecule has 1 heterocycles. The normalized spacial score (nSPS) is 12.2. The number of ketones is 1. The number of benzene rings is 1. The molecule has 0 spiro atoms. The first kappa shape index (κ1) is 16.1. The summed E-state index contributed by atoms with van der Waals surface area (Å²) in [6.45, 7) is 5.56. The molecule has 0 bridgehead atoms. The zero-order chi connectivity index (χ0) is 16.3. The number of hydrogen-bond donors (Lipinski definition) is 0. The van der Waals surface area contributed by atoms with Crippen molar-refractivity contribution in [1.29, 1.82) is 0 Å². The van der Waals surface area contributed by atoms with Gasteiger partial charge in [-0.15, -0.1) is 0 Å². The number of Topliss-reactive ketones (excluding diaryl/α,β-unsaturated/α-hetero) is 1. The van der Waals surface area contributed by atoms with Gasteiger partial charge in [-0.2, -0.15) is 0 Å². The maximum atomic E-state index is 12.0. The van der Waals surface area contributed by atoms with Crippen LogP contribution >= 0.6 is 0 Å². The third-order valence-corrected chi connectivity index (χ3v) is 3.63. The van der Waals surface area contributed by atoms with E-state index in [0.29, 0.717) is 18.1 Å². The topological polar surface area (TPSA) is 57.5 Å².